The Morgan fingerprint density at radius 2 is 1.92 bits per heavy atom. The molecule has 0 saturated carbocycles. The van der Waals surface area contributed by atoms with E-state index in [1.165, 1.54) is 0 Å². The summed E-state index contributed by atoms with van der Waals surface area (Å²) in [6, 6.07) is 0. The van der Waals surface area contributed by atoms with E-state index in [-0.39, 0.29) is 11.3 Å². The third-order valence-corrected chi connectivity index (χ3v) is 1.21. The fraction of sp³-hybridized carbons (Fsp3) is 0.250. The van der Waals surface area contributed by atoms with E-state index in [2.05, 4.69) is 17.9 Å². The average Bonchev–Trinajstić information content (AvgIpc) is 2.02. The van der Waals surface area contributed by atoms with Gasteiger partial charge in [-0.05, 0) is 6.42 Å². The molecule has 0 aromatic rings. The van der Waals surface area contributed by atoms with Gasteiger partial charge in [0.2, 0.25) is 0 Å². The maximum atomic E-state index is 10.9. The van der Waals surface area contributed by atoms with Gasteiger partial charge in [0.05, 0.1) is 0 Å². The van der Waals surface area contributed by atoms with E-state index in [0.717, 1.165) is 0 Å². The summed E-state index contributed by atoms with van der Waals surface area (Å²) in [5, 5.41) is 0. The first-order valence-electron chi connectivity index (χ1n) is 3.37. The lowest BCUT2D eigenvalue weighted by Gasteiger charge is -2.03. The second-order valence-corrected chi connectivity index (χ2v) is 2.13. The van der Waals surface area contributed by atoms with Gasteiger partial charge in [0.15, 0.2) is 5.76 Å². The Balaban J connectivity index is 4.11. The SMILES string of the molecule is C=C(CC)C(=O)OC(=C)C(N)=O. The molecule has 0 fully saturated rings. The molecule has 0 aliphatic heterocycles. The van der Waals surface area contributed by atoms with Crippen molar-refractivity contribution >= 4 is 11.9 Å². The van der Waals surface area contributed by atoms with Gasteiger partial charge >= 0.3 is 5.97 Å². The maximum Gasteiger partial charge on any atom is 0.338 e. The summed E-state index contributed by atoms with van der Waals surface area (Å²) < 4.78 is 4.46. The van der Waals surface area contributed by atoms with Gasteiger partial charge < -0.3 is 10.5 Å². The lowest BCUT2D eigenvalue weighted by atomic mass is 10.2. The molecule has 1 amide bonds. The monoisotopic (exact) mass is 169 g/mol. The predicted molar refractivity (Wildman–Crippen MR) is 43.9 cm³/mol. The first kappa shape index (κ1) is 10.4. The normalized spacial score (nSPS) is 8.75. The van der Waals surface area contributed by atoms with Crippen LogP contribution >= 0.6 is 0 Å². The highest BCUT2D eigenvalue weighted by Crippen LogP contribution is 2.03. The number of ether oxygens (including phenoxy) is 1. The number of rotatable bonds is 4. The Hall–Kier alpha value is -1.58. The minimum Gasteiger partial charge on any atom is -0.418 e. The average molecular weight is 169 g/mol. The molecular weight excluding hydrogens is 158 g/mol. The topological polar surface area (TPSA) is 69.4 Å². The number of amides is 1. The van der Waals surface area contributed by atoms with Crippen LogP contribution in [0.3, 0.4) is 0 Å². The second kappa shape index (κ2) is 4.33. The number of hydrogen-bond donors (Lipinski definition) is 1. The molecule has 0 unspecified atom stereocenters. The minimum absolute atomic E-state index is 0.275. The molecule has 0 bridgehead atoms. The molecule has 4 nitrogen and oxygen atoms in total. The van der Waals surface area contributed by atoms with Gasteiger partial charge in [-0.3, -0.25) is 4.79 Å². The van der Waals surface area contributed by atoms with Crippen molar-refractivity contribution in [2.75, 3.05) is 0 Å². The maximum absolute atomic E-state index is 10.9. The molecule has 0 atom stereocenters. The van der Waals surface area contributed by atoms with Crippen molar-refractivity contribution in [3.8, 4) is 0 Å². The van der Waals surface area contributed by atoms with Crippen LogP contribution in [0.1, 0.15) is 13.3 Å². The van der Waals surface area contributed by atoms with E-state index in [9.17, 15) is 9.59 Å². The van der Waals surface area contributed by atoms with Crippen molar-refractivity contribution in [2.45, 2.75) is 13.3 Å². The molecule has 4 heteroatoms. The summed E-state index contributed by atoms with van der Waals surface area (Å²) in [6.07, 6.45) is 0.463. The number of esters is 1. The third kappa shape index (κ3) is 3.01. The molecular formula is C8H11NO3. The zero-order valence-electron chi connectivity index (χ0n) is 6.92. The van der Waals surface area contributed by atoms with Crippen LogP contribution < -0.4 is 5.73 Å². The summed E-state index contributed by atoms with van der Waals surface area (Å²) in [4.78, 5) is 21.3. The van der Waals surface area contributed by atoms with Crippen LogP contribution in [0, 0.1) is 0 Å². The fourth-order valence-electron chi connectivity index (χ4n) is 0.379. The van der Waals surface area contributed by atoms with Gasteiger partial charge in [-0.1, -0.05) is 20.1 Å². The van der Waals surface area contributed by atoms with Gasteiger partial charge in [0, 0.05) is 5.57 Å². The summed E-state index contributed by atoms with van der Waals surface area (Å²) >= 11 is 0. The molecule has 0 aliphatic carbocycles. The quantitative estimate of drug-likeness (QED) is 0.378. The van der Waals surface area contributed by atoms with Crippen molar-refractivity contribution < 1.29 is 14.3 Å². The highest BCUT2D eigenvalue weighted by Gasteiger charge is 2.11. The first-order chi connectivity index (χ1) is 5.49. The van der Waals surface area contributed by atoms with Crippen molar-refractivity contribution in [3.63, 3.8) is 0 Å². The van der Waals surface area contributed by atoms with Gasteiger partial charge in [-0.15, -0.1) is 0 Å². The lowest BCUT2D eigenvalue weighted by molar-refractivity contribution is -0.138. The van der Waals surface area contributed by atoms with Crippen LogP contribution in [0.15, 0.2) is 24.5 Å². The molecule has 12 heavy (non-hydrogen) atoms. The highest BCUT2D eigenvalue weighted by atomic mass is 16.5. The fourth-order valence-corrected chi connectivity index (χ4v) is 0.379. The largest absolute Gasteiger partial charge is 0.418 e. The molecule has 0 aromatic heterocycles. The molecule has 0 aliphatic rings. The van der Waals surface area contributed by atoms with Crippen LogP contribution in [-0.4, -0.2) is 11.9 Å². The lowest BCUT2D eigenvalue weighted by Crippen LogP contribution is -2.18. The zero-order valence-corrected chi connectivity index (χ0v) is 6.92. The number of hydrogen-bond acceptors (Lipinski definition) is 3. The van der Waals surface area contributed by atoms with Gasteiger partial charge in [-0.2, -0.15) is 0 Å². The standard InChI is InChI=1S/C8H11NO3/c1-4-5(2)8(11)12-6(3)7(9)10/h2-4H2,1H3,(H2,9,10). The van der Waals surface area contributed by atoms with Crippen molar-refractivity contribution in [1.82, 2.24) is 0 Å². The van der Waals surface area contributed by atoms with Crippen molar-refractivity contribution in [3.05, 3.63) is 24.5 Å². The molecule has 66 valence electrons. The van der Waals surface area contributed by atoms with E-state index in [1.54, 1.807) is 6.92 Å². The first-order valence-corrected chi connectivity index (χ1v) is 3.37. The summed E-state index contributed by atoms with van der Waals surface area (Å²) in [5.41, 5.74) is 5.06. The smallest absolute Gasteiger partial charge is 0.338 e. The summed E-state index contributed by atoms with van der Waals surface area (Å²) in [7, 11) is 0. The molecule has 0 heterocycles. The van der Waals surface area contributed by atoms with Crippen molar-refractivity contribution in [2.24, 2.45) is 5.73 Å². The van der Waals surface area contributed by atoms with Gasteiger partial charge in [0.1, 0.15) is 0 Å². The van der Waals surface area contributed by atoms with Crippen molar-refractivity contribution in [1.29, 1.82) is 0 Å². The third-order valence-electron chi connectivity index (χ3n) is 1.21. The van der Waals surface area contributed by atoms with Gasteiger partial charge in [-0.25, -0.2) is 4.79 Å². The minimum atomic E-state index is -0.854. The molecule has 0 radical (unpaired) electrons. The van der Waals surface area contributed by atoms with E-state index in [4.69, 9.17) is 5.73 Å². The Morgan fingerprint density at radius 3 is 2.25 bits per heavy atom. The Morgan fingerprint density at radius 1 is 1.42 bits per heavy atom. The van der Waals surface area contributed by atoms with Gasteiger partial charge in [0.25, 0.3) is 5.91 Å². The van der Waals surface area contributed by atoms with Crippen LogP contribution in [0.25, 0.3) is 0 Å². The Kier molecular flexibility index (Phi) is 3.76. The van der Waals surface area contributed by atoms with Crippen LogP contribution in [0.4, 0.5) is 0 Å². The molecule has 0 aromatic carbocycles. The Bertz CT molecular complexity index is 243. The number of carbonyl (C=O) groups is 2. The van der Waals surface area contributed by atoms with E-state index in [0.29, 0.717) is 6.42 Å². The Labute approximate surface area is 70.7 Å². The van der Waals surface area contributed by atoms with Crippen LogP contribution in [0.2, 0.25) is 0 Å². The van der Waals surface area contributed by atoms with E-state index >= 15 is 0 Å². The van der Waals surface area contributed by atoms with Crippen LogP contribution in [-0.2, 0) is 14.3 Å². The molecule has 0 saturated heterocycles. The highest BCUT2D eigenvalue weighted by molar-refractivity contribution is 5.95. The number of primary amides is 1. The van der Waals surface area contributed by atoms with E-state index in [1.807, 2.05) is 0 Å². The van der Waals surface area contributed by atoms with E-state index < -0.39 is 11.9 Å². The number of carbonyl (C=O) groups excluding carboxylic acids is 2. The molecule has 0 spiro atoms. The molecule has 2 N–H and O–H groups in total. The zero-order chi connectivity index (χ0) is 9.72. The number of nitrogens with two attached hydrogens (primary N) is 1. The summed E-state index contributed by atoms with van der Waals surface area (Å²) in [5.74, 6) is -1.89. The predicted octanol–water partition coefficient (Wildman–Crippen LogP) is 0.495. The summed E-state index contributed by atoms with van der Waals surface area (Å²) in [6.45, 7) is 8.32. The molecule has 0 rings (SSSR count). The second-order valence-electron chi connectivity index (χ2n) is 2.13. The van der Waals surface area contributed by atoms with Crippen LogP contribution in [0.5, 0.6) is 0 Å².